The normalized spacial score (nSPS) is 14.0. The van der Waals surface area contributed by atoms with Crippen LogP contribution in [0.2, 0.25) is 0 Å². The molecule has 1 aromatic carbocycles. The molecule has 0 aliphatic rings. The minimum Gasteiger partial charge on any atom is -0.467 e. The van der Waals surface area contributed by atoms with Gasteiger partial charge in [0.1, 0.15) is 18.2 Å². The number of aliphatic hydroxyl groups excluding tert-OH is 1. The number of furan rings is 1. The van der Waals surface area contributed by atoms with Gasteiger partial charge in [-0.1, -0.05) is 12.1 Å². The number of aliphatic hydroxyl groups is 1. The second-order valence-electron chi connectivity index (χ2n) is 4.93. The molecule has 2 N–H and O–H groups in total. The molecule has 5 heteroatoms. The summed E-state index contributed by atoms with van der Waals surface area (Å²) >= 11 is 0. The first-order valence-corrected chi connectivity index (χ1v) is 6.92. The van der Waals surface area contributed by atoms with E-state index in [2.05, 4.69) is 5.32 Å². The van der Waals surface area contributed by atoms with Gasteiger partial charge >= 0.3 is 0 Å². The lowest BCUT2D eigenvalue weighted by atomic mass is 10.1. The Kier molecular flexibility index (Phi) is 5.92. The van der Waals surface area contributed by atoms with Crippen LogP contribution in [-0.4, -0.2) is 24.4 Å². The fourth-order valence-corrected chi connectivity index (χ4v) is 1.96. The van der Waals surface area contributed by atoms with Gasteiger partial charge in [0.15, 0.2) is 0 Å². The van der Waals surface area contributed by atoms with Crippen molar-refractivity contribution in [3.63, 3.8) is 0 Å². The monoisotopic (exact) mass is 293 g/mol. The zero-order valence-corrected chi connectivity index (χ0v) is 12.0. The van der Waals surface area contributed by atoms with Gasteiger partial charge in [-0.05, 0) is 36.8 Å². The fraction of sp³-hybridized carbons (Fsp3) is 0.375. The van der Waals surface area contributed by atoms with E-state index in [1.165, 1.54) is 12.1 Å². The molecular weight excluding hydrogens is 273 g/mol. The van der Waals surface area contributed by atoms with Crippen molar-refractivity contribution in [2.24, 2.45) is 0 Å². The molecule has 0 bridgehead atoms. The molecular formula is C16H20FNO3. The number of hydrogen-bond acceptors (Lipinski definition) is 4. The van der Waals surface area contributed by atoms with Crippen LogP contribution in [-0.2, 0) is 11.3 Å². The van der Waals surface area contributed by atoms with Gasteiger partial charge in [-0.2, -0.15) is 0 Å². The van der Waals surface area contributed by atoms with Crippen molar-refractivity contribution in [2.75, 3.05) is 13.2 Å². The molecule has 21 heavy (non-hydrogen) atoms. The van der Waals surface area contributed by atoms with E-state index in [4.69, 9.17) is 9.15 Å². The molecule has 2 atom stereocenters. The first kappa shape index (κ1) is 15.7. The second-order valence-corrected chi connectivity index (χ2v) is 4.93. The van der Waals surface area contributed by atoms with Gasteiger partial charge in [0, 0.05) is 12.6 Å². The van der Waals surface area contributed by atoms with E-state index in [0.717, 1.165) is 11.3 Å². The predicted molar refractivity (Wildman–Crippen MR) is 77.2 cm³/mol. The standard InChI is InChI=1S/C16H20FNO3/c1-12(13-4-2-5-14(17)8-13)18-9-15(19)10-20-11-16-6-3-7-21-16/h2-8,12,15,18-19H,9-11H2,1H3. The van der Waals surface area contributed by atoms with E-state index in [1.807, 2.05) is 19.1 Å². The van der Waals surface area contributed by atoms with Crippen LogP contribution < -0.4 is 5.32 Å². The van der Waals surface area contributed by atoms with Crippen molar-refractivity contribution < 1.29 is 18.7 Å². The van der Waals surface area contributed by atoms with Gasteiger partial charge in [-0.25, -0.2) is 4.39 Å². The lowest BCUT2D eigenvalue weighted by Crippen LogP contribution is -2.32. The van der Waals surface area contributed by atoms with Crippen LogP contribution in [0.3, 0.4) is 0 Å². The van der Waals surface area contributed by atoms with Crippen LogP contribution >= 0.6 is 0 Å². The maximum atomic E-state index is 13.1. The minimum atomic E-state index is -0.629. The number of rotatable bonds is 8. The topological polar surface area (TPSA) is 54.6 Å². The Labute approximate surface area is 123 Å². The van der Waals surface area contributed by atoms with E-state index >= 15 is 0 Å². The van der Waals surface area contributed by atoms with Crippen molar-refractivity contribution >= 4 is 0 Å². The highest BCUT2D eigenvalue weighted by molar-refractivity contribution is 5.19. The van der Waals surface area contributed by atoms with Crippen LogP contribution in [0, 0.1) is 5.82 Å². The number of benzene rings is 1. The van der Waals surface area contributed by atoms with Crippen molar-refractivity contribution in [3.8, 4) is 0 Å². The maximum Gasteiger partial charge on any atom is 0.129 e. The quantitative estimate of drug-likeness (QED) is 0.785. The van der Waals surface area contributed by atoms with Crippen molar-refractivity contribution in [2.45, 2.75) is 25.7 Å². The van der Waals surface area contributed by atoms with Gasteiger partial charge in [0.2, 0.25) is 0 Å². The summed E-state index contributed by atoms with van der Waals surface area (Å²) in [6.45, 7) is 2.84. The molecule has 2 aromatic rings. The first-order chi connectivity index (χ1) is 10.1. The average Bonchev–Trinajstić information content (AvgIpc) is 2.98. The van der Waals surface area contributed by atoms with Crippen LogP contribution in [0.1, 0.15) is 24.3 Å². The molecule has 2 unspecified atom stereocenters. The maximum absolute atomic E-state index is 13.1. The summed E-state index contributed by atoms with van der Waals surface area (Å²) in [7, 11) is 0. The van der Waals surface area contributed by atoms with Gasteiger partial charge in [-0.3, -0.25) is 0 Å². The van der Waals surface area contributed by atoms with Crippen molar-refractivity contribution in [1.29, 1.82) is 0 Å². The molecule has 0 radical (unpaired) electrons. The first-order valence-electron chi connectivity index (χ1n) is 6.92. The van der Waals surface area contributed by atoms with E-state index in [1.54, 1.807) is 18.4 Å². The van der Waals surface area contributed by atoms with Crippen LogP contribution in [0.25, 0.3) is 0 Å². The molecule has 0 saturated heterocycles. The highest BCUT2D eigenvalue weighted by atomic mass is 19.1. The molecule has 0 spiro atoms. The summed E-state index contributed by atoms with van der Waals surface area (Å²) in [6.07, 6.45) is 0.952. The van der Waals surface area contributed by atoms with Crippen molar-refractivity contribution in [1.82, 2.24) is 5.32 Å². The molecule has 0 amide bonds. The Morgan fingerprint density at radius 1 is 1.33 bits per heavy atom. The van der Waals surface area contributed by atoms with E-state index in [-0.39, 0.29) is 18.5 Å². The molecule has 0 saturated carbocycles. The van der Waals surface area contributed by atoms with E-state index in [0.29, 0.717) is 13.2 Å². The zero-order chi connectivity index (χ0) is 15.1. The summed E-state index contributed by atoms with van der Waals surface area (Å²) in [5.74, 6) is 0.465. The third-order valence-corrected chi connectivity index (χ3v) is 3.14. The summed E-state index contributed by atoms with van der Waals surface area (Å²) in [4.78, 5) is 0. The van der Waals surface area contributed by atoms with E-state index in [9.17, 15) is 9.50 Å². The Bertz CT molecular complexity index is 530. The van der Waals surface area contributed by atoms with Crippen LogP contribution in [0.15, 0.2) is 47.1 Å². The molecule has 2 rings (SSSR count). The number of halogens is 1. The molecule has 114 valence electrons. The Morgan fingerprint density at radius 2 is 2.19 bits per heavy atom. The van der Waals surface area contributed by atoms with Gasteiger partial charge < -0.3 is 19.6 Å². The lowest BCUT2D eigenvalue weighted by Gasteiger charge is -2.17. The largest absolute Gasteiger partial charge is 0.467 e. The molecule has 0 fully saturated rings. The van der Waals surface area contributed by atoms with Gasteiger partial charge in [0.05, 0.1) is 19.0 Å². The van der Waals surface area contributed by atoms with Gasteiger partial charge in [0.25, 0.3) is 0 Å². The van der Waals surface area contributed by atoms with Crippen LogP contribution in [0.5, 0.6) is 0 Å². The summed E-state index contributed by atoms with van der Waals surface area (Å²) in [5.41, 5.74) is 0.846. The molecule has 1 aromatic heterocycles. The molecule has 1 heterocycles. The smallest absolute Gasteiger partial charge is 0.129 e. The average molecular weight is 293 g/mol. The highest BCUT2D eigenvalue weighted by Crippen LogP contribution is 2.13. The lowest BCUT2D eigenvalue weighted by molar-refractivity contribution is 0.0217. The van der Waals surface area contributed by atoms with Crippen molar-refractivity contribution in [3.05, 3.63) is 59.8 Å². The van der Waals surface area contributed by atoms with E-state index < -0.39 is 6.10 Å². The third-order valence-electron chi connectivity index (χ3n) is 3.14. The predicted octanol–water partition coefficient (Wildman–Crippen LogP) is 2.65. The number of hydrogen-bond donors (Lipinski definition) is 2. The van der Waals surface area contributed by atoms with Gasteiger partial charge in [-0.15, -0.1) is 0 Å². The third kappa shape index (κ3) is 5.30. The summed E-state index contributed by atoms with van der Waals surface area (Å²) in [5, 5.41) is 13.0. The summed E-state index contributed by atoms with van der Waals surface area (Å²) < 4.78 is 23.6. The molecule has 0 aliphatic heterocycles. The minimum absolute atomic E-state index is 0.0413. The van der Waals surface area contributed by atoms with Crippen LogP contribution in [0.4, 0.5) is 4.39 Å². The Balaban J connectivity index is 1.67. The Hall–Kier alpha value is -1.69. The number of ether oxygens (including phenoxy) is 1. The SMILES string of the molecule is CC(NCC(O)COCc1ccco1)c1cccc(F)c1. The Morgan fingerprint density at radius 3 is 2.90 bits per heavy atom. The number of nitrogens with one attached hydrogen (secondary N) is 1. The zero-order valence-electron chi connectivity index (χ0n) is 12.0. The fourth-order valence-electron chi connectivity index (χ4n) is 1.96. The molecule has 0 aliphatic carbocycles. The summed E-state index contributed by atoms with van der Waals surface area (Å²) in [6, 6.07) is 9.98. The second kappa shape index (κ2) is 7.93. The molecule has 4 nitrogen and oxygen atoms in total. The highest BCUT2D eigenvalue weighted by Gasteiger charge is 2.10.